The van der Waals surface area contributed by atoms with E-state index in [1.807, 2.05) is 42.5 Å². The summed E-state index contributed by atoms with van der Waals surface area (Å²) < 4.78 is 128. The number of hydrogen-bond acceptors (Lipinski definition) is 2. The van der Waals surface area contributed by atoms with Crippen molar-refractivity contribution in [3.63, 3.8) is 0 Å². The van der Waals surface area contributed by atoms with Crippen LogP contribution in [-0.4, -0.2) is 0 Å². The van der Waals surface area contributed by atoms with Crippen molar-refractivity contribution in [2.24, 2.45) is 0 Å². The second-order valence-corrected chi connectivity index (χ2v) is 9.87. The first-order chi connectivity index (χ1) is 26.2. The van der Waals surface area contributed by atoms with Gasteiger partial charge in [0.25, 0.3) is 0 Å². The highest BCUT2D eigenvalue weighted by Crippen LogP contribution is 2.47. The molecule has 2 heterocycles. The molecule has 2 heteroatoms. The number of hydrogen-bond donors (Lipinski definition) is 0. The van der Waals surface area contributed by atoms with Crippen molar-refractivity contribution in [2.75, 3.05) is 0 Å². The van der Waals surface area contributed by atoms with Gasteiger partial charge < -0.3 is 8.83 Å². The predicted molar refractivity (Wildman–Crippen MR) is 175 cm³/mol. The first-order valence-electron chi connectivity index (χ1n) is 19.7. The first kappa shape index (κ1) is 13.8. The molecule has 196 valence electrons. The van der Waals surface area contributed by atoms with E-state index >= 15 is 0 Å². The SMILES string of the molecule is [2H]c1c([2H])c([2H])c(-c2c3c([2H])c([2H])c([2H])c([2H])c3c(-c3cccc4c3oc3ccc5cc(-c6ccccc6)oc5c34)c3c([2H])c([2H])c([2H])c([2H])c23)c([2H])c1[2H]. The molecule has 0 aliphatic rings. The lowest BCUT2D eigenvalue weighted by atomic mass is 9.85. The van der Waals surface area contributed by atoms with E-state index in [0.29, 0.717) is 27.7 Å². The molecule has 0 aliphatic carbocycles. The zero-order chi connectivity index (χ0) is 38.9. The van der Waals surface area contributed by atoms with Crippen LogP contribution in [0.5, 0.6) is 0 Å². The van der Waals surface area contributed by atoms with Crippen LogP contribution in [0.1, 0.15) is 17.8 Å². The summed E-state index contributed by atoms with van der Waals surface area (Å²) in [5, 5.41) is 1.02. The summed E-state index contributed by atoms with van der Waals surface area (Å²) in [6.45, 7) is 0. The minimum atomic E-state index is -0.727. The fourth-order valence-corrected chi connectivity index (χ4v) is 5.84. The molecule has 2 nitrogen and oxygen atoms in total. The number of fused-ring (bicyclic) bond motifs is 7. The van der Waals surface area contributed by atoms with Gasteiger partial charge in [-0.05, 0) is 50.9 Å². The maximum absolute atomic E-state index is 9.28. The minimum Gasteiger partial charge on any atom is -0.455 e. The third kappa shape index (κ3) is 3.33. The van der Waals surface area contributed by atoms with Crippen molar-refractivity contribution in [2.45, 2.75) is 0 Å². The summed E-state index contributed by atoms with van der Waals surface area (Å²) in [6, 6.07) is 11.6. The Balaban J connectivity index is 1.53. The third-order valence-corrected chi connectivity index (χ3v) is 7.60. The van der Waals surface area contributed by atoms with Crippen molar-refractivity contribution < 1.29 is 26.7 Å². The van der Waals surface area contributed by atoms with Gasteiger partial charge in [0, 0.05) is 27.5 Å². The lowest BCUT2D eigenvalue weighted by molar-refractivity contribution is 0.633. The lowest BCUT2D eigenvalue weighted by Crippen LogP contribution is -1.90. The molecule has 2 aromatic heterocycles. The molecule has 0 radical (unpaired) electrons. The van der Waals surface area contributed by atoms with Gasteiger partial charge in [-0.2, -0.15) is 0 Å². The van der Waals surface area contributed by atoms with E-state index < -0.39 is 84.1 Å². The second kappa shape index (κ2) is 8.95. The smallest absolute Gasteiger partial charge is 0.146 e. The van der Waals surface area contributed by atoms with Gasteiger partial charge in [-0.1, -0.05) is 127 Å². The van der Waals surface area contributed by atoms with Gasteiger partial charge in [0.15, 0.2) is 0 Å². The van der Waals surface area contributed by atoms with E-state index in [0.717, 1.165) is 10.9 Å². The molecule has 9 rings (SSSR count). The number of rotatable bonds is 3. The average Bonchev–Trinajstić information content (AvgIpc) is 3.81. The monoisotopic (exact) mass is 549 g/mol. The van der Waals surface area contributed by atoms with E-state index in [9.17, 15) is 5.48 Å². The largest absolute Gasteiger partial charge is 0.455 e. The molecule has 0 fully saturated rings. The van der Waals surface area contributed by atoms with E-state index in [-0.39, 0.29) is 43.8 Å². The standard InChI is InChI=1S/C40H24O2/c1-3-12-25(13-4-1)35-24-27-22-23-34-38(39(27)42-35)33-21-11-20-32(40(33)41-34)37-30-18-9-7-16-28(30)36(26-14-5-2-6-15-26)29-17-8-10-19-31(29)37/h1-24H/i2D,5D,6D,7D,8D,9D,10D,14D,15D,16D,17D,18D,19D. The summed E-state index contributed by atoms with van der Waals surface area (Å²) in [7, 11) is 0. The molecule has 7 aromatic carbocycles. The Morgan fingerprint density at radius 1 is 0.476 bits per heavy atom. The molecule has 0 bridgehead atoms. The number of benzene rings is 7. The quantitative estimate of drug-likeness (QED) is 0.205. The molecule has 0 amide bonds. The van der Waals surface area contributed by atoms with Gasteiger partial charge in [0.1, 0.15) is 22.5 Å². The summed E-state index contributed by atoms with van der Waals surface area (Å²) in [4.78, 5) is 0. The Labute approximate surface area is 260 Å². The molecule has 0 saturated heterocycles. The molecule has 0 saturated carbocycles. The topological polar surface area (TPSA) is 26.3 Å². The number of para-hydroxylation sites is 1. The van der Waals surface area contributed by atoms with E-state index in [4.69, 9.17) is 21.2 Å². The fraction of sp³-hybridized carbons (Fsp3) is 0. The van der Waals surface area contributed by atoms with Crippen LogP contribution in [0, 0.1) is 0 Å². The third-order valence-electron chi connectivity index (χ3n) is 7.60. The maximum Gasteiger partial charge on any atom is 0.146 e. The van der Waals surface area contributed by atoms with Crippen molar-refractivity contribution >= 4 is 54.5 Å². The van der Waals surface area contributed by atoms with Crippen LogP contribution in [0.15, 0.2) is 154 Å². The van der Waals surface area contributed by atoms with E-state index in [1.165, 1.54) is 0 Å². The normalized spacial score (nSPS) is 16.1. The molecule has 0 aliphatic heterocycles. The van der Waals surface area contributed by atoms with Crippen LogP contribution in [0.3, 0.4) is 0 Å². The first-order valence-corrected chi connectivity index (χ1v) is 13.2. The summed E-state index contributed by atoms with van der Waals surface area (Å²) in [5.41, 5.74) is 1.46. The minimum absolute atomic E-state index is 0.00886. The van der Waals surface area contributed by atoms with Crippen molar-refractivity contribution in [3.05, 3.63) is 145 Å². The summed E-state index contributed by atoms with van der Waals surface area (Å²) in [6.07, 6.45) is 0. The van der Waals surface area contributed by atoms with Gasteiger partial charge in [-0.25, -0.2) is 0 Å². The van der Waals surface area contributed by atoms with Crippen LogP contribution < -0.4 is 0 Å². The molecular formula is C40H24O2. The predicted octanol–water partition coefficient (Wildman–Crippen LogP) is 11.6. The van der Waals surface area contributed by atoms with Crippen LogP contribution in [-0.2, 0) is 0 Å². The van der Waals surface area contributed by atoms with Crippen LogP contribution >= 0.6 is 0 Å². The van der Waals surface area contributed by atoms with Gasteiger partial charge in [-0.3, -0.25) is 0 Å². The average molecular weight is 550 g/mol. The van der Waals surface area contributed by atoms with Crippen molar-refractivity contribution in [1.29, 1.82) is 0 Å². The molecule has 0 N–H and O–H groups in total. The van der Waals surface area contributed by atoms with Gasteiger partial charge in [-0.15, -0.1) is 0 Å². The summed E-state index contributed by atoms with van der Waals surface area (Å²) in [5.74, 6) is 0.626. The zero-order valence-corrected chi connectivity index (χ0v) is 21.7. The van der Waals surface area contributed by atoms with Crippen molar-refractivity contribution in [3.8, 4) is 33.6 Å². The molecule has 0 unspecified atom stereocenters. The molecular weight excluding hydrogens is 512 g/mol. The van der Waals surface area contributed by atoms with Gasteiger partial charge in [0.2, 0.25) is 0 Å². The maximum atomic E-state index is 9.28. The Kier molecular flexibility index (Phi) is 2.95. The molecule has 0 atom stereocenters. The van der Waals surface area contributed by atoms with E-state index in [1.54, 1.807) is 24.3 Å². The highest BCUT2D eigenvalue weighted by atomic mass is 16.3. The zero-order valence-electron chi connectivity index (χ0n) is 34.7. The van der Waals surface area contributed by atoms with Crippen LogP contribution in [0.4, 0.5) is 0 Å². The summed E-state index contributed by atoms with van der Waals surface area (Å²) >= 11 is 0. The highest BCUT2D eigenvalue weighted by Gasteiger charge is 2.21. The molecule has 0 spiro atoms. The van der Waals surface area contributed by atoms with Crippen LogP contribution in [0.25, 0.3) is 88.0 Å². The van der Waals surface area contributed by atoms with Gasteiger partial charge in [0.05, 0.1) is 23.2 Å². The Morgan fingerprint density at radius 3 is 1.86 bits per heavy atom. The van der Waals surface area contributed by atoms with Crippen molar-refractivity contribution in [1.82, 2.24) is 0 Å². The number of furan rings is 2. The second-order valence-electron chi connectivity index (χ2n) is 9.87. The highest BCUT2D eigenvalue weighted by molar-refractivity contribution is 6.25. The fourth-order valence-electron chi connectivity index (χ4n) is 5.84. The Morgan fingerprint density at radius 2 is 1.14 bits per heavy atom. The molecule has 42 heavy (non-hydrogen) atoms. The Hall–Kier alpha value is -5.60. The Bertz CT molecular complexity index is 3070. The van der Waals surface area contributed by atoms with E-state index in [2.05, 4.69) is 0 Å². The lowest BCUT2D eigenvalue weighted by Gasteiger charge is -2.17. The van der Waals surface area contributed by atoms with Gasteiger partial charge >= 0.3 is 0 Å². The molecule has 9 aromatic rings. The van der Waals surface area contributed by atoms with Crippen LogP contribution in [0.2, 0.25) is 0 Å².